The van der Waals surface area contributed by atoms with Crippen molar-refractivity contribution in [3.63, 3.8) is 0 Å². The number of hydrogen-bond donors (Lipinski definition) is 2. The average molecular weight is 240 g/mol. The summed E-state index contributed by atoms with van der Waals surface area (Å²) in [5.74, 6) is 0.912. The first-order chi connectivity index (χ1) is 7.24. The monoisotopic (exact) mass is 240 g/mol. The van der Waals surface area contributed by atoms with Crippen molar-refractivity contribution in [2.45, 2.75) is 10.9 Å². The molecular weight excluding hydrogens is 232 g/mol. The number of rotatable bonds is 3. The molecule has 0 saturated carbocycles. The van der Waals surface area contributed by atoms with Gasteiger partial charge in [-0.1, -0.05) is 11.8 Å². The molecule has 0 bridgehead atoms. The standard InChI is InChI=1S/C8H8N4OS2/c9-6-1-7(13)12-8(11-6)15-3-5-2-14-4-10-5/h1-2,4H,3H2,(H3,9,11,12,13). The van der Waals surface area contributed by atoms with Crippen molar-refractivity contribution in [3.8, 4) is 0 Å². The molecule has 78 valence electrons. The summed E-state index contributed by atoms with van der Waals surface area (Å²) in [6, 6.07) is 1.26. The maximum absolute atomic E-state index is 11.1. The van der Waals surface area contributed by atoms with Gasteiger partial charge < -0.3 is 10.7 Å². The van der Waals surface area contributed by atoms with Gasteiger partial charge in [-0.25, -0.2) is 9.97 Å². The fourth-order valence-corrected chi connectivity index (χ4v) is 2.42. The highest BCUT2D eigenvalue weighted by Crippen LogP contribution is 2.18. The van der Waals surface area contributed by atoms with Crippen molar-refractivity contribution in [1.82, 2.24) is 15.0 Å². The molecule has 2 aromatic rings. The number of aromatic amines is 1. The topological polar surface area (TPSA) is 84.7 Å². The van der Waals surface area contributed by atoms with E-state index in [2.05, 4.69) is 15.0 Å². The lowest BCUT2D eigenvalue weighted by molar-refractivity contribution is 0.944. The minimum Gasteiger partial charge on any atom is -0.383 e. The molecule has 0 atom stereocenters. The minimum atomic E-state index is -0.233. The zero-order valence-corrected chi connectivity index (χ0v) is 9.27. The zero-order chi connectivity index (χ0) is 10.7. The third-order valence-electron chi connectivity index (χ3n) is 1.58. The Labute approximate surface area is 93.8 Å². The highest BCUT2D eigenvalue weighted by molar-refractivity contribution is 7.98. The van der Waals surface area contributed by atoms with E-state index in [0.29, 0.717) is 10.9 Å². The second kappa shape index (κ2) is 4.45. The third kappa shape index (κ3) is 2.80. The molecule has 0 fully saturated rings. The first-order valence-electron chi connectivity index (χ1n) is 4.11. The van der Waals surface area contributed by atoms with Gasteiger partial charge in [-0.05, 0) is 0 Å². The highest BCUT2D eigenvalue weighted by Gasteiger charge is 2.01. The molecule has 0 saturated heterocycles. The van der Waals surface area contributed by atoms with Crippen LogP contribution in [0.5, 0.6) is 0 Å². The van der Waals surface area contributed by atoms with E-state index >= 15 is 0 Å². The van der Waals surface area contributed by atoms with Gasteiger partial charge >= 0.3 is 0 Å². The Hall–Kier alpha value is -1.34. The smallest absolute Gasteiger partial charge is 0.253 e. The van der Waals surface area contributed by atoms with Crippen LogP contribution in [0, 0.1) is 0 Å². The van der Waals surface area contributed by atoms with Crippen molar-refractivity contribution in [3.05, 3.63) is 33.0 Å². The largest absolute Gasteiger partial charge is 0.383 e. The Morgan fingerprint density at radius 3 is 3.13 bits per heavy atom. The Morgan fingerprint density at radius 2 is 2.47 bits per heavy atom. The van der Waals surface area contributed by atoms with E-state index in [1.165, 1.54) is 29.2 Å². The molecule has 2 rings (SSSR count). The Kier molecular flexibility index (Phi) is 3.02. The number of nitrogens with two attached hydrogens (primary N) is 1. The summed E-state index contributed by atoms with van der Waals surface area (Å²) < 4.78 is 0. The van der Waals surface area contributed by atoms with Crippen LogP contribution in [0.2, 0.25) is 0 Å². The van der Waals surface area contributed by atoms with Crippen LogP contribution < -0.4 is 11.3 Å². The number of aromatic nitrogens is 3. The van der Waals surface area contributed by atoms with Crippen LogP contribution in [-0.2, 0) is 5.75 Å². The highest BCUT2D eigenvalue weighted by atomic mass is 32.2. The predicted molar refractivity (Wildman–Crippen MR) is 60.9 cm³/mol. The summed E-state index contributed by atoms with van der Waals surface area (Å²) in [4.78, 5) is 21.8. The molecule has 0 amide bonds. The zero-order valence-electron chi connectivity index (χ0n) is 7.64. The van der Waals surface area contributed by atoms with Gasteiger partial charge in [0.1, 0.15) is 5.82 Å². The van der Waals surface area contributed by atoms with Crippen LogP contribution in [0.4, 0.5) is 5.82 Å². The van der Waals surface area contributed by atoms with Gasteiger partial charge in [0, 0.05) is 17.2 Å². The Morgan fingerprint density at radius 1 is 1.60 bits per heavy atom. The number of nitrogen functional groups attached to an aromatic ring is 1. The van der Waals surface area contributed by atoms with Gasteiger partial charge in [0.25, 0.3) is 5.56 Å². The van der Waals surface area contributed by atoms with Gasteiger partial charge in [0.05, 0.1) is 11.2 Å². The molecule has 15 heavy (non-hydrogen) atoms. The van der Waals surface area contributed by atoms with Gasteiger partial charge in [0.2, 0.25) is 0 Å². The van der Waals surface area contributed by atoms with E-state index in [9.17, 15) is 4.79 Å². The normalized spacial score (nSPS) is 10.4. The molecule has 2 heterocycles. The SMILES string of the molecule is Nc1cc(=O)[nH]c(SCc2cscn2)n1. The van der Waals surface area contributed by atoms with Crippen molar-refractivity contribution < 1.29 is 0 Å². The van der Waals surface area contributed by atoms with Crippen LogP contribution in [0.15, 0.2) is 26.9 Å². The molecule has 0 aliphatic heterocycles. The Balaban J connectivity index is 2.08. The van der Waals surface area contributed by atoms with Crippen molar-refractivity contribution in [2.24, 2.45) is 0 Å². The maximum Gasteiger partial charge on any atom is 0.253 e. The summed E-state index contributed by atoms with van der Waals surface area (Å²) in [5.41, 5.74) is 7.95. The quantitative estimate of drug-likeness (QED) is 0.620. The van der Waals surface area contributed by atoms with Crippen LogP contribution in [0.25, 0.3) is 0 Å². The van der Waals surface area contributed by atoms with E-state index < -0.39 is 0 Å². The Bertz CT molecular complexity index is 494. The molecule has 3 N–H and O–H groups in total. The number of anilines is 1. The molecule has 5 nitrogen and oxygen atoms in total. The van der Waals surface area contributed by atoms with Crippen LogP contribution in [-0.4, -0.2) is 15.0 Å². The van der Waals surface area contributed by atoms with Gasteiger partial charge in [0.15, 0.2) is 5.16 Å². The summed E-state index contributed by atoms with van der Waals surface area (Å²) in [6.07, 6.45) is 0. The molecule has 0 radical (unpaired) electrons. The lowest BCUT2D eigenvalue weighted by Gasteiger charge is -1.98. The van der Waals surface area contributed by atoms with E-state index in [4.69, 9.17) is 5.73 Å². The molecule has 0 spiro atoms. The minimum absolute atomic E-state index is 0.233. The second-order valence-electron chi connectivity index (χ2n) is 2.74. The first-order valence-corrected chi connectivity index (χ1v) is 6.03. The van der Waals surface area contributed by atoms with E-state index in [-0.39, 0.29) is 11.4 Å². The molecular formula is C8H8N4OS2. The maximum atomic E-state index is 11.1. The molecule has 0 aromatic carbocycles. The van der Waals surface area contributed by atoms with Crippen molar-refractivity contribution >= 4 is 28.9 Å². The molecule has 7 heteroatoms. The number of thiazole rings is 1. The van der Waals surface area contributed by atoms with E-state index in [1.54, 1.807) is 5.51 Å². The number of nitrogens with zero attached hydrogens (tertiary/aromatic N) is 2. The number of nitrogens with one attached hydrogen (secondary N) is 1. The fourth-order valence-electron chi connectivity index (χ4n) is 0.973. The predicted octanol–water partition coefficient (Wildman–Crippen LogP) is 1.10. The summed E-state index contributed by atoms with van der Waals surface area (Å²) in [6.45, 7) is 0. The molecule has 2 aromatic heterocycles. The van der Waals surface area contributed by atoms with Crippen LogP contribution in [0.1, 0.15) is 5.69 Å². The van der Waals surface area contributed by atoms with E-state index in [0.717, 1.165) is 5.69 Å². The first kappa shape index (κ1) is 10.2. The van der Waals surface area contributed by atoms with Crippen molar-refractivity contribution in [1.29, 1.82) is 0 Å². The third-order valence-corrected chi connectivity index (χ3v) is 3.12. The lowest BCUT2D eigenvalue weighted by atomic mass is 10.6. The van der Waals surface area contributed by atoms with Gasteiger partial charge in [-0.2, -0.15) is 0 Å². The van der Waals surface area contributed by atoms with Crippen molar-refractivity contribution in [2.75, 3.05) is 5.73 Å². The molecule has 0 aliphatic carbocycles. The summed E-state index contributed by atoms with van der Waals surface area (Å²) in [5, 5.41) is 2.48. The summed E-state index contributed by atoms with van der Waals surface area (Å²) in [7, 11) is 0. The lowest BCUT2D eigenvalue weighted by Crippen LogP contribution is -2.09. The van der Waals surface area contributed by atoms with E-state index in [1.807, 2.05) is 5.38 Å². The van der Waals surface area contributed by atoms with Gasteiger partial charge in [-0.15, -0.1) is 11.3 Å². The number of hydrogen-bond acceptors (Lipinski definition) is 6. The van der Waals surface area contributed by atoms with Crippen LogP contribution >= 0.6 is 23.1 Å². The summed E-state index contributed by atoms with van der Waals surface area (Å²) >= 11 is 2.94. The molecule has 0 unspecified atom stereocenters. The number of thioether (sulfide) groups is 1. The van der Waals surface area contributed by atoms with Crippen LogP contribution in [0.3, 0.4) is 0 Å². The van der Waals surface area contributed by atoms with Gasteiger partial charge in [-0.3, -0.25) is 4.79 Å². The number of H-pyrrole nitrogens is 1. The fraction of sp³-hybridized carbons (Fsp3) is 0.125. The second-order valence-corrected chi connectivity index (χ2v) is 4.43. The average Bonchev–Trinajstić information content (AvgIpc) is 2.65. The molecule has 0 aliphatic rings.